The van der Waals surface area contributed by atoms with E-state index in [4.69, 9.17) is 9.47 Å². The van der Waals surface area contributed by atoms with Gasteiger partial charge < -0.3 is 24.6 Å². The number of benzene rings is 3. The highest BCUT2D eigenvalue weighted by Gasteiger charge is 2.41. The zero-order chi connectivity index (χ0) is 28.6. The molecule has 1 unspecified atom stereocenters. The lowest BCUT2D eigenvalue weighted by Crippen LogP contribution is -2.44. The number of aliphatic hydroxyl groups is 2. The molecule has 0 radical (unpaired) electrons. The zero-order valence-electron chi connectivity index (χ0n) is 24.0. The molecule has 1 aliphatic rings. The second-order valence-corrected chi connectivity index (χ2v) is 11.4. The average Bonchev–Trinajstić information content (AvgIpc) is 3.00. The molecule has 0 aromatic heterocycles. The molecule has 0 spiro atoms. The molecule has 1 atom stereocenters. The number of aliphatic hydroxyl groups excluding tert-OH is 1. The van der Waals surface area contributed by atoms with Crippen LogP contribution in [0.15, 0.2) is 84.9 Å². The van der Waals surface area contributed by atoms with Gasteiger partial charge in [0, 0.05) is 7.11 Å². The van der Waals surface area contributed by atoms with Crippen molar-refractivity contribution in [2.24, 2.45) is 5.92 Å². The third kappa shape index (κ3) is 6.31. The summed E-state index contributed by atoms with van der Waals surface area (Å²) in [5, 5.41) is 22.5. The van der Waals surface area contributed by atoms with Crippen LogP contribution in [0.4, 0.5) is 0 Å². The molecule has 1 heterocycles. The van der Waals surface area contributed by atoms with Crippen molar-refractivity contribution in [1.29, 1.82) is 0 Å². The standard InChI is InChI=1S/C34H43NO5/c1-32(2,40-26-37)27-15-17-28(18-16-27)33(25-36,39-3)21-10-22-35-23-19-31(20-24-35)34(38,29-11-6-4-7-12-29)30-13-8-5-9-14-30/h4-9,11-18,26,31,36,38H,10,19-25H2,1-3H3. The van der Waals surface area contributed by atoms with E-state index in [1.54, 1.807) is 7.11 Å². The van der Waals surface area contributed by atoms with Crippen molar-refractivity contribution in [2.75, 3.05) is 33.4 Å². The summed E-state index contributed by atoms with van der Waals surface area (Å²) in [6, 6.07) is 27.8. The summed E-state index contributed by atoms with van der Waals surface area (Å²) >= 11 is 0. The van der Waals surface area contributed by atoms with Crippen LogP contribution in [0.3, 0.4) is 0 Å². The van der Waals surface area contributed by atoms with Crippen LogP contribution in [-0.2, 0) is 31.1 Å². The maximum absolute atomic E-state index is 12.1. The van der Waals surface area contributed by atoms with E-state index in [1.165, 1.54) is 0 Å². The molecule has 0 bridgehead atoms. The largest absolute Gasteiger partial charge is 0.457 e. The van der Waals surface area contributed by atoms with E-state index in [0.29, 0.717) is 12.9 Å². The number of rotatable bonds is 13. The van der Waals surface area contributed by atoms with Gasteiger partial charge in [-0.15, -0.1) is 0 Å². The smallest absolute Gasteiger partial charge is 0.293 e. The monoisotopic (exact) mass is 545 g/mol. The summed E-state index contributed by atoms with van der Waals surface area (Å²) in [5.41, 5.74) is 1.12. The lowest BCUT2D eigenvalue weighted by molar-refractivity contribution is -0.141. The Labute approximate surface area is 238 Å². The quantitative estimate of drug-likeness (QED) is 0.282. The van der Waals surface area contributed by atoms with Gasteiger partial charge in [0.1, 0.15) is 16.8 Å². The number of nitrogens with zero attached hydrogens (tertiary/aromatic N) is 1. The topological polar surface area (TPSA) is 79.2 Å². The van der Waals surface area contributed by atoms with E-state index in [2.05, 4.69) is 4.90 Å². The van der Waals surface area contributed by atoms with E-state index in [9.17, 15) is 15.0 Å². The summed E-state index contributed by atoms with van der Waals surface area (Å²) in [7, 11) is 1.64. The second-order valence-electron chi connectivity index (χ2n) is 11.4. The van der Waals surface area contributed by atoms with Gasteiger partial charge in [0.15, 0.2) is 0 Å². The first-order valence-corrected chi connectivity index (χ1v) is 14.2. The van der Waals surface area contributed by atoms with E-state index in [1.807, 2.05) is 98.8 Å². The molecule has 214 valence electrons. The Balaban J connectivity index is 1.38. The number of methoxy groups -OCH3 is 1. The van der Waals surface area contributed by atoms with Crippen molar-refractivity contribution in [3.05, 3.63) is 107 Å². The van der Waals surface area contributed by atoms with Crippen molar-refractivity contribution in [3.8, 4) is 0 Å². The average molecular weight is 546 g/mol. The molecule has 6 nitrogen and oxygen atoms in total. The van der Waals surface area contributed by atoms with Gasteiger partial charge in [0.05, 0.1) is 6.61 Å². The number of ether oxygens (including phenoxy) is 2. The Kier molecular flexibility index (Phi) is 9.80. The summed E-state index contributed by atoms with van der Waals surface area (Å²) in [6.07, 6.45) is 3.33. The number of hydrogen-bond donors (Lipinski definition) is 2. The van der Waals surface area contributed by atoms with E-state index in [0.717, 1.165) is 61.2 Å². The Morgan fingerprint density at radius 2 is 1.38 bits per heavy atom. The van der Waals surface area contributed by atoms with Crippen LogP contribution in [0.2, 0.25) is 0 Å². The molecule has 3 aromatic carbocycles. The summed E-state index contributed by atoms with van der Waals surface area (Å²) < 4.78 is 11.1. The Hall–Kier alpha value is -3.03. The van der Waals surface area contributed by atoms with Crippen LogP contribution in [0.25, 0.3) is 0 Å². The highest BCUT2D eigenvalue weighted by molar-refractivity contribution is 5.41. The van der Waals surface area contributed by atoms with Gasteiger partial charge in [-0.2, -0.15) is 0 Å². The Bertz CT molecular complexity index is 1140. The molecular weight excluding hydrogens is 502 g/mol. The minimum absolute atomic E-state index is 0.120. The molecule has 3 aromatic rings. The fourth-order valence-corrected chi connectivity index (χ4v) is 6.15. The third-order valence-electron chi connectivity index (χ3n) is 8.76. The first kappa shape index (κ1) is 29.9. The van der Waals surface area contributed by atoms with Crippen LogP contribution in [0.1, 0.15) is 61.8 Å². The molecular formula is C34H43NO5. The molecule has 0 amide bonds. The van der Waals surface area contributed by atoms with Gasteiger partial charge in [0.2, 0.25) is 0 Å². The third-order valence-corrected chi connectivity index (χ3v) is 8.76. The minimum Gasteiger partial charge on any atom is -0.457 e. The zero-order valence-corrected chi connectivity index (χ0v) is 24.0. The van der Waals surface area contributed by atoms with Crippen LogP contribution in [0.5, 0.6) is 0 Å². The van der Waals surface area contributed by atoms with E-state index < -0.39 is 16.8 Å². The first-order valence-electron chi connectivity index (χ1n) is 14.2. The molecule has 2 N–H and O–H groups in total. The summed E-state index contributed by atoms with van der Waals surface area (Å²) in [4.78, 5) is 13.3. The van der Waals surface area contributed by atoms with Gasteiger partial charge in [-0.1, -0.05) is 84.9 Å². The number of hydrogen-bond acceptors (Lipinski definition) is 6. The molecule has 6 heteroatoms. The Morgan fingerprint density at radius 1 is 0.850 bits per heavy atom. The maximum Gasteiger partial charge on any atom is 0.293 e. The van der Waals surface area contributed by atoms with Crippen LogP contribution < -0.4 is 0 Å². The fourth-order valence-electron chi connectivity index (χ4n) is 6.15. The molecule has 1 aliphatic heterocycles. The maximum atomic E-state index is 12.1. The summed E-state index contributed by atoms with van der Waals surface area (Å²) in [5.74, 6) is 0.120. The van der Waals surface area contributed by atoms with Gasteiger partial charge in [-0.05, 0) is 87.3 Å². The molecule has 1 fully saturated rings. The van der Waals surface area contributed by atoms with Crippen LogP contribution in [0, 0.1) is 5.92 Å². The first-order chi connectivity index (χ1) is 19.3. The van der Waals surface area contributed by atoms with Crippen molar-refractivity contribution in [1.82, 2.24) is 4.90 Å². The lowest BCUT2D eigenvalue weighted by Gasteiger charge is -2.42. The predicted molar refractivity (Wildman–Crippen MR) is 157 cm³/mol. The van der Waals surface area contributed by atoms with E-state index >= 15 is 0 Å². The molecule has 1 saturated heterocycles. The number of likely N-dealkylation sites (tertiary alicyclic amines) is 1. The molecule has 4 rings (SSSR count). The molecule has 40 heavy (non-hydrogen) atoms. The number of piperidine rings is 1. The highest BCUT2D eigenvalue weighted by atomic mass is 16.5. The van der Waals surface area contributed by atoms with Gasteiger partial charge in [0.25, 0.3) is 6.47 Å². The number of carbonyl (C=O) groups excluding carboxylic acids is 1. The fraction of sp³-hybridized carbons (Fsp3) is 0.441. The van der Waals surface area contributed by atoms with Crippen molar-refractivity contribution in [3.63, 3.8) is 0 Å². The minimum atomic E-state index is -1.02. The van der Waals surface area contributed by atoms with Crippen LogP contribution in [-0.4, -0.2) is 54.9 Å². The van der Waals surface area contributed by atoms with Gasteiger partial charge in [-0.3, -0.25) is 4.79 Å². The van der Waals surface area contributed by atoms with Crippen molar-refractivity contribution >= 4 is 6.47 Å². The predicted octanol–water partition coefficient (Wildman–Crippen LogP) is 5.36. The van der Waals surface area contributed by atoms with Gasteiger partial charge >= 0.3 is 0 Å². The van der Waals surface area contributed by atoms with E-state index in [-0.39, 0.29) is 12.5 Å². The lowest BCUT2D eigenvalue weighted by atomic mass is 9.72. The molecule has 0 aliphatic carbocycles. The Morgan fingerprint density at radius 3 is 1.85 bits per heavy atom. The highest BCUT2D eigenvalue weighted by Crippen LogP contribution is 2.42. The number of carbonyl (C=O) groups is 1. The van der Waals surface area contributed by atoms with Gasteiger partial charge in [-0.25, -0.2) is 0 Å². The van der Waals surface area contributed by atoms with Crippen molar-refractivity contribution in [2.45, 2.75) is 56.3 Å². The normalized spacial score (nSPS) is 16.8. The summed E-state index contributed by atoms with van der Waals surface area (Å²) in [6.45, 7) is 6.74. The second kappa shape index (κ2) is 13.1. The SMILES string of the molecule is COC(CO)(CCCN1CCC(C(O)(c2ccccc2)c2ccccc2)CC1)c1ccc(C(C)(C)OC=O)cc1. The van der Waals surface area contributed by atoms with Crippen molar-refractivity contribution < 1.29 is 24.5 Å². The molecule has 0 saturated carbocycles. The van der Waals surface area contributed by atoms with Crippen LogP contribution >= 0.6 is 0 Å².